The molecule has 0 bridgehead atoms. The van der Waals surface area contributed by atoms with Gasteiger partial charge < -0.3 is 10.1 Å². The molecule has 0 amide bonds. The first kappa shape index (κ1) is 11.9. The third-order valence-corrected chi connectivity index (χ3v) is 3.34. The lowest BCUT2D eigenvalue weighted by molar-refractivity contribution is -0.137. The lowest BCUT2D eigenvalue weighted by atomic mass is 10.1. The molecule has 2 rings (SSSR count). The topological polar surface area (TPSA) is 66.0 Å². The molecule has 0 fully saturated rings. The number of aromatic amines is 1. The van der Waals surface area contributed by atoms with Gasteiger partial charge in [-0.25, -0.2) is 4.98 Å². The fourth-order valence-electron chi connectivity index (χ4n) is 1.69. The van der Waals surface area contributed by atoms with Crippen LogP contribution in [0.2, 0.25) is 0 Å². The summed E-state index contributed by atoms with van der Waals surface area (Å²) in [5.41, 5.74) is 1.93. The monoisotopic (exact) mass is 250 g/mol. The van der Waals surface area contributed by atoms with E-state index in [4.69, 9.17) is 5.11 Å². The molecule has 17 heavy (non-hydrogen) atoms. The van der Waals surface area contributed by atoms with Gasteiger partial charge in [-0.15, -0.1) is 11.3 Å². The number of carbonyl (C=O) groups is 1. The number of hydrogen-bond donors (Lipinski definition) is 2. The predicted octanol–water partition coefficient (Wildman–Crippen LogP) is 2.79. The first-order chi connectivity index (χ1) is 8.15. The second kappa shape index (κ2) is 5.14. The third-order valence-electron chi connectivity index (χ3n) is 2.47. The van der Waals surface area contributed by atoms with Gasteiger partial charge in [-0.3, -0.25) is 4.79 Å². The van der Waals surface area contributed by atoms with Gasteiger partial charge in [0.05, 0.1) is 16.4 Å². The van der Waals surface area contributed by atoms with E-state index in [1.807, 2.05) is 30.6 Å². The summed E-state index contributed by atoms with van der Waals surface area (Å²) in [5.74, 6) is -0.631. The first-order valence-corrected chi connectivity index (χ1v) is 6.33. The molecule has 0 radical (unpaired) electrons. The number of thiazole rings is 1. The number of H-pyrrole nitrogens is 1. The number of nitrogens with zero attached hydrogens (tertiary/aromatic N) is 1. The number of carboxylic acid groups (broad SMARTS) is 1. The summed E-state index contributed by atoms with van der Waals surface area (Å²) in [6.45, 7) is 1.93. The minimum absolute atomic E-state index is 0.121. The van der Waals surface area contributed by atoms with E-state index in [0.29, 0.717) is 0 Å². The minimum Gasteiger partial charge on any atom is -0.481 e. The number of rotatable bonds is 5. The van der Waals surface area contributed by atoms with Crippen LogP contribution >= 0.6 is 11.3 Å². The molecule has 0 aromatic carbocycles. The van der Waals surface area contributed by atoms with Crippen molar-refractivity contribution in [3.63, 3.8) is 0 Å². The van der Waals surface area contributed by atoms with E-state index in [0.717, 1.165) is 22.8 Å². The zero-order chi connectivity index (χ0) is 12.3. The highest BCUT2D eigenvalue weighted by molar-refractivity contribution is 7.09. The Balaban J connectivity index is 2.01. The highest BCUT2D eigenvalue weighted by atomic mass is 32.1. The smallest absolute Gasteiger partial charge is 0.303 e. The van der Waals surface area contributed by atoms with Gasteiger partial charge in [0.1, 0.15) is 0 Å². The van der Waals surface area contributed by atoms with Gasteiger partial charge in [0.25, 0.3) is 0 Å². The number of nitrogens with one attached hydrogen (secondary N) is 1. The maximum atomic E-state index is 10.6. The Morgan fingerprint density at radius 3 is 3.12 bits per heavy atom. The molecule has 90 valence electrons. The van der Waals surface area contributed by atoms with Gasteiger partial charge in [0.15, 0.2) is 0 Å². The third kappa shape index (κ3) is 3.17. The Morgan fingerprint density at radius 2 is 2.47 bits per heavy atom. The van der Waals surface area contributed by atoms with Gasteiger partial charge in [-0.1, -0.05) is 6.92 Å². The molecule has 0 saturated heterocycles. The molecule has 0 aliphatic carbocycles. The lowest BCUT2D eigenvalue weighted by Gasteiger charge is -2.04. The van der Waals surface area contributed by atoms with Crippen molar-refractivity contribution in [2.75, 3.05) is 0 Å². The molecule has 2 N–H and O–H groups in total. The summed E-state index contributed by atoms with van der Waals surface area (Å²) in [6.07, 6.45) is 2.77. The van der Waals surface area contributed by atoms with Crippen molar-refractivity contribution in [1.82, 2.24) is 9.97 Å². The van der Waals surface area contributed by atoms with Crippen molar-refractivity contribution in [2.24, 2.45) is 5.92 Å². The van der Waals surface area contributed by atoms with E-state index < -0.39 is 5.97 Å². The molecule has 2 heterocycles. The Morgan fingerprint density at radius 1 is 1.65 bits per heavy atom. The van der Waals surface area contributed by atoms with Gasteiger partial charge in [-0.2, -0.15) is 0 Å². The predicted molar refractivity (Wildman–Crippen MR) is 67.0 cm³/mol. The molecule has 4 nitrogen and oxygen atoms in total. The molecular formula is C12H14N2O2S. The van der Waals surface area contributed by atoms with Gasteiger partial charge in [-0.05, 0) is 18.1 Å². The highest BCUT2D eigenvalue weighted by Crippen LogP contribution is 2.22. The van der Waals surface area contributed by atoms with Gasteiger partial charge in [0, 0.05) is 24.4 Å². The zero-order valence-electron chi connectivity index (χ0n) is 9.51. The van der Waals surface area contributed by atoms with Crippen LogP contribution < -0.4 is 0 Å². The summed E-state index contributed by atoms with van der Waals surface area (Å²) >= 11 is 1.58. The molecule has 2 aromatic heterocycles. The fraction of sp³-hybridized carbons (Fsp3) is 0.333. The average Bonchev–Trinajstić information content (AvgIpc) is 2.84. The standard InChI is InChI=1S/C12H14N2O2S/c1-8(6-12(15)16)5-11-14-10(7-17-11)9-3-2-4-13-9/h2-4,7-8,13H,5-6H2,1H3,(H,15,16). The summed E-state index contributed by atoms with van der Waals surface area (Å²) in [4.78, 5) is 18.2. The largest absolute Gasteiger partial charge is 0.481 e. The van der Waals surface area contributed by atoms with E-state index in [9.17, 15) is 4.79 Å². The van der Waals surface area contributed by atoms with Crippen LogP contribution in [0, 0.1) is 5.92 Å². The number of aromatic nitrogens is 2. The van der Waals surface area contributed by atoms with Crippen LogP contribution in [0.3, 0.4) is 0 Å². The zero-order valence-corrected chi connectivity index (χ0v) is 10.3. The van der Waals surface area contributed by atoms with E-state index >= 15 is 0 Å². The molecule has 0 spiro atoms. The number of carboxylic acids is 1. The van der Waals surface area contributed by atoms with E-state index in [1.54, 1.807) is 11.3 Å². The van der Waals surface area contributed by atoms with Crippen molar-refractivity contribution in [1.29, 1.82) is 0 Å². The van der Waals surface area contributed by atoms with E-state index in [-0.39, 0.29) is 12.3 Å². The molecule has 0 saturated carbocycles. The molecule has 0 aliphatic heterocycles. The summed E-state index contributed by atoms with van der Waals surface area (Å²) < 4.78 is 0. The molecule has 1 atom stereocenters. The number of hydrogen-bond acceptors (Lipinski definition) is 3. The second-order valence-electron chi connectivity index (χ2n) is 4.12. The number of aliphatic carboxylic acids is 1. The van der Waals surface area contributed by atoms with Crippen LogP contribution in [0.4, 0.5) is 0 Å². The summed E-state index contributed by atoms with van der Waals surface area (Å²) in [6, 6.07) is 3.90. The van der Waals surface area contributed by atoms with Crippen molar-refractivity contribution in [3.8, 4) is 11.4 Å². The van der Waals surface area contributed by atoms with Crippen molar-refractivity contribution in [2.45, 2.75) is 19.8 Å². The van der Waals surface area contributed by atoms with E-state index in [1.165, 1.54) is 0 Å². The van der Waals surface area contributed by atoms with Crippen LogP contribution in [-0.4, -0.2) is 21.0 Å². The molecular weight excluding hydrogens is 236 g/mol. The highest BCUT2D eigenvalue weighted by Gasteiger charge is 2.12. The van der Waals surface area contributed by atoms with Crippen LogP contribution in [0.15, 0.2) is 23.7 Å². The van der Waals surface area contributed by atoms with Crippen molar-refractivity contribution < 1.29 is 9.90 Å². The van der Waals surface area contributed by atoms with Crippen LogP contribution in [-0.2, 0) is 11.2 Å². The van der Waals surface area contributed by atoms with Crippen LogP contribution in [0.5, 0.6) is 0 Å². The Hall–Kier alpha value is -1.62. The molecule has 2 aromatic rings. The summed E-state index contributed by atoms with van der Waals surface area (Å²) in [5, 5.41) is 11.7. The second-order valence-corrected chi connectivity index (χ2v) is 5.06. The molecule has 1 unspecified atom stereocenters. The summed E-state index contributed by atoms with van der Waals surface area (Å²) in [7, 11) is 0. The maximum Gasteiger partial charge on any atom is 0.303 e. The Labute approximate surface area is 103 Å². The minimum atomic E-state index is -0.751. The Kier molecular flexibility index (Phi) is 3.58. The van der Waals surface area contributed by atoms with Gasteiger partial charge in [0.2, 0.25) is 0 Å². The Bertz CT molecular complexity index is 490. The fourth-order valence-corrected chi connectivity index (χ4v) is 2.65. The maximum absolute atomic E-state index is 10.6. The van der Waals surface area contributed by atoms with Crippen molar-refractivity contribution in [3.05, 3.63) is 28.7 Å². The quantitative estimate of drug-likeness (QED) is 0.857. The molecule has 0 aliphatic rings. The van der Waals surface area contributed by atoms with E-state index in [2.05, 4.69) is 9.97 Å². The van der Waals surface area contributed by atoms with Crippen LogP contribution in [0.1, 0.15) is 18.4 Å². The van der Waals surface area contributed by atoms with Crippen LogP contribution in [0.25, 0.3) is 11.4 Å². The normalized spacial score (nSPS) is 12.5. The SMILES string of the molecule is CC(CC(=O)O)Cc1nc(-c2ccc[nH]2)cs1. The average molecular weight is 250 g/mol. The lowest BCUT2D eigenvalue weighted by Crippen LogP contribution is -2.06. The first-order valence-electron chi connectivity index (χ1n) is 5.45. The molecule has 5 heteroatoms. The van der Waals surface area contributed by atoms with Gasteiger partial charge >= 0.3 is 5.97 Å². The van der Waals surface area contributed by atoms with Crippen molar-refractivity contribution >= 4 is 17.3 Å².